The lowest BCUT2D eigenvalue weighted by molar-refractivity contribution is -0.117. The Morgan fingerprint density at radius 1 is 0.973 bits per heavy atom. The molecule has 1 fully saturated rings. The van der Waals surface area contributed by atoms with E-state index in [9.17, 15) is 9.59 Å². The molecule has 0 atom stereocenters. The van der Waals surface area contributed by atoms with E-state index < -0.39 is 5.97 Å². The number of rotatable bonds is 10. The molecule has 9 heteroatoms. The Morgan fingerprint density at radius 2 is 1.70 bits per heavy atom. The molecule has 2 heterocycles. The van der Waals surface area contributed by atoms with Crippen LogP contribution in [0.4, 0.5) is 5.00 Å². The molecule has 8 nitrogen and oxygen atoms in total. The normalized spacial score (nSPS) is 14.2. The van der Waals surface area contributed by atoms with Gasteiger partial charge < -0.3 is 19.5 Å². The maximum Gasteiger partial charge on any atom is 0.341 e. The van der Waals surface area contributed by atoms with Gasteiger partial charge in [0.15, 0.2) is 0 Å². The van der Waals surface area contributed by atoms with Gasteiger partial charge in [-0.2, -0.15) is 0 Å². The highest BCUT2D eigenvalue weighted by atomic mass is 32.1. The highest BCUT2D eigenvalue weighted by molar-refractivity contribution is 7.15. The molecule has 196 valence electrons. The predicted molar refractivity (Wildman–Crippen MR) is 146 cm³/mol. The highest BCUT2D eigenvalue weighted by Gasteiger charge is 2.25. The lowest BCUT2D eigenvalue weighted by Gasteiger charge is -2.34. The van der Waals surface area contributed by atoms with Gasteiger partial charge in [-0.1, -0.05) is 30.3 Å². The van der Waals surface area contributed by atoms with Gasteiger partial charge in [-0.3, -0.25) is 14.6 Å². The van der Waals surface area contributed by atoms with Crippen LogP contribution in [0.5, 0.6) is 11.5 Å². The first-order valence-electron chi connectivity index (χ1n) is 12.3. The number of benzene rings is 2. The maximum atomic E-state index is 12.9. The molecule has 1 saturated heterocycles. The zero-order valence-electron chi connectivity index (χ0n) is 21.5. The van der Waals surface area contributed by atoms with Crippen LogP contribution < -0.4 is 14.8 Å². The van der Waals surface area contributed by atoms with Crippen molar-refractivity contribution in [3.8, 4) is 22.6 Å². The van der Waals surface area contributed by atoms with Crippen molar-refractivity contribution in [2.75, 3.05) is 58.9 Å². The molecule has 0 unspecified atom stereocenters. The molecule has 1 aromatic heterocycles. The standard InChI is InChI=1S/C28H33N3O5S/c1-4-36-28(33)26-23(20-8-6-5-7-9-20)19-37-27(26)29-25(32)18-31-14-12-30(13-15-31)17-21-16-22(34-2)10-11-24(21)35-3/h5-11,16,19H,4,12-15,17-18H2,1-3H3,(H,29,32). The number of methoxy groups -OCH3 is 2. The molecule has 0 saturated carbocycles. The zero-order chi connectivity index (χ0) is 26.2. The Balaban J connectivity index is 1.36. The van der Waals surface area contributed by atoms with Crippen molar-refractivity contribution in [1.82, 2.24) is 9.80 Å². The Labute approximate surface area is 221 Å². The summed E-state index contributed by atoms with van der Waals surface area (Å²) in [5.41, 5.74) is 3.15. The number of nitrogens with zero attached hydrogens (tertiary/aromatic N) is 2. The minimum Gasteiger partial charge on any atom is -0.497 e. The Bertz CT molecular complexity index is 1210. The average molecular weight is 524 g/mol. The summed E-state index contributed by atoms with van der Waals surface area (Å²) < 4.78 is 16.2. The molecule has 1 aliphatic heterocycles. The smallest absolute Gasteiger partial charge is 0.341 e. The average Bonchev–Trinajstić information content (AvgIpc) is 3.33. The van der Waals surface area contributed by atoms with Gasteiger partial charge in [0.1, 0.15) is 22.1 Å². The van der Waals surface area contributed by atoms with Crippen molar-refractivity contribution in [2.24, 2.45) is 0 Å². The largest absolute Gasteiger partial charge is 0.497 e. The number of thiophene rings is 1. The minimum atomic E-state index is -0.431. The topological polar surface area (TPSA) is 80.3 Å². The van der Waals surface area contributed by atoms with E-state index in [2.05, 4.69) is 15.1 Å². The molecule has 1 amide bonds. The van der Waals surface area contributed by atoms with Crippen LogP contribution in [0.25, 0.3) is 11.1 Å². The van der Waals surface area contributed by atoms with Gasteiger partial charge in [0.25, 0.3) is 0 Å². The maximum absolute atomic E-state index is 12.9. The summed E-state index contributed by atoms with van der Waals surface area (Å²) in [6.45, 7) is 6.25. The third-order valence-corrected chi connectivity index (χ3v) is 7.22. The number of hydrogen-bond acceptors (Lipinski definition) is 8. The molecule has 3 aromatic rings. The molecular weight excluding hydrogens is 490 g/mol. The number of carbonyl (C=O) groups excluding carboxylic acids is 2. The highest BCUT2D eigenvalue weighted by Crippen LogP contribution is 2.36. The van der Waals surface area contributed by atoms with Gasteiger partial charge in [-0.05, 0) is 30.7 Å². The summed E-state index contributed by atoms with van der Waals surface area (Å²) >= 11 is 1.34. The van der Waals surface area contributed by atoms with E-state index in [1.54, 1.807) is 21.1 Å². The van der Waals surface area contributed by atoms with Crippen LogP contribution in [-0.2, 0) is 16.1 Å². The second-order valence-electron chi connectivity index (χ2n) is 8.72. The number of amides is 1. The Morgan fingerprint density at radius 3 is 2.38 bits per heavy atom. The summed E-state index contributed by atoms with van der Waals surface area (Å²) in [7, 11) is 3.33. The Kier molecular flexibility index (Phi) is 9.16. The molecule has 1 N–H and O–H groups in total. The lowest BCUT2D eigenvalue weighted by Crippen LogP contribution is -2.48. The fourth-order valence-electron chi connectivity index (χ4n) is 4.41. The summed E-state index contributed by atoms with van der Waals surface area (Å²) in [6, 6.07) is 15.5. The second kappa shape index (κ2) is 12.7. The molecule has 4 rings (SSSR count). The van der Waals surface area contributed by atoms with Crippen molar-refractivity contribution in [2.45, 2.75) is 13.5 Å². The number of anilines is 1. The number of hydrogen-bond donors (Lipinski definition) is 1. The summed E-state index contributed by atoms with van der Waals surface area (Å²) in [5, 5.41) is 5.37. The molecule has 2 aromatic carbocycles. The number of carbonyl (C=O) groups is 2. The van der Waals surface area contributed by atoms with Gasteiger partial charge in [0.05, 0.1) is 27.4 Å². The van der Waals surface area contributed by atoms with E-state index in [1.807, 2.05) is 53.9 Å². The lowest BCUT2D eigenvalue weighted by atomic mass is 10.0. The van der Waals surface area contributed by atoms with E-state index in [-0.39, 0.29) is 19.1 Å². The van der Waals surface area contributed by atoms with Crippen LogP contribution in [0.1, 0.15) is 22.8 Å². The third-order valence-electron chi connectivity index (χ3n) is 6.32. The fraction of sp³-hybridized carbons (Fsp3) is 0.357. The van der Waals surface area contributed by atoms with Crippen molar-refractivity contribution in [3.05, 3.63) is 65.0 Å². The van der Waals surface area contributed by atoms with Crippen LogP contribution in [0.15, 0.2) is 53.9 Å². The molecule has 37 heavy (non-hydrogen) atoms. The van der Waals surface area contributed by atoms with Gasteiger partial charge in [0, 0.05) is 49.2 Å². The number of nitrogens with one attached hydrogen (secondary N) is 1. The van der Waals surface area contributed by atoms with Crippen LogP contribution in [0.3, 0.4) is 0 Å². The zero-order valence-corrected chi connectivity index (χ0v) is 22.3. The van der Waals surface area contributed by atoms with Crippen LogP contribution in [0, 0.1) is 0 Å². The summed E-state index contributed by atoms with van der Waals surface area (Å²) in [4.78, 5) is 30.2. The predicted octanol–water partition coefficient (Wildman–Crippen LogP) is 4.37. The first-order valence-corrected chi connectivity index (χ1v) is 13.2. The molecule has 1 aliphatic rings. The van der Waals surface area contributed by atoms with Gasteiger partial charge in [-0.15, -0.1) is 11.3 Å². The first kappa shape index (κ1) is 26.7. The van der Waals surface area contributed by atoms with Crippen molar-refractivity contribution < 1.29 is 23.8 Å². The van der Waals surface area contributed by atoms with E-state index in [0.29, 0.717) is 10.6 Å². The third kappa shape index (κ3) is 6.68. The molecular formula is C28H33N3O5S. The van der Waals surface area contributed by atoms with E-state index in [0.717, 1.165) is 60.9 Å². The molecule has 0 spiro atoms. The molecule has 0 bridgehead atoms. The minimum absolute atomic E-state index is 0.144. The number of esters is 1. The van der Waals surface area contributed by atoms with Crippen molar-refractivity contribution >= 4 is 28.2 Å². The number of ether oxygens (including phenoxy) is 3. The van der Waals surface area contributed by atoms with Crippen molar-refractivity contribution in [3.63, 3.8) is 0 Å². The second-order valence-corrected chi connectivity index (χ2v) is 9.60. The SMILES string of the molecule is CCOC(=O)c1c(-c2ccccc2)csc1NC(=O)CN1CCN(Cc2cc(OC)ccc2OC)CC1. The van der Waals surface area contributed by atoms with Crippen LogP contribution >= 0.6 is 11.3 Å². The van der Waals surface area contributed by atoms with Gasteiger partial charge in [0.2, 0.25) is 5.91 Å². The van der Waals surface area contributed by atoms with E-state index in [1.165, 1.54) is 11.3 Å². The molecule has 0 aliphatic carbocycles. The van der Waals surface area contributed by atoms with E-state index >= 15 is 0 Å². The first-order chi connectivity index (χ1) is 18.0. The van der Waals surface area contributed by atoms with Crippen LogP contribution in [0.2, 0.25) is 0 Å². The summed E-state index contributed by atoms with van der Waals surface area (Å²) in [5.74, 6) is 1.07. The van der Waals surface area contributed by atoms with Gasteiger partial charge in [-0.25, -0.2) is 4.79 Å². The van der Waals surface area contributed by atoms with E-state index in [4.69, 9.17) is 14.2 Å². The van der Waals surface area contributed by atoms with Crippen LogP contribution in [-0.4, -0.2) is 75.2 Å². The van der Waals surface area contributed by atoms with Crippen molar-refractivity contribution in [1.29, 1.82) is 0 Å². The molecule has 0 radical (unpaired) electrons. The quantitative estimate of drug-likeness (QED) is 0.396. The summed E-state index contributed by atoms with van der Waals surface area (Å²) in [6.07, 6.45) is 0. The monoisotopic (exact) mass is 523 g/mol. The fourth-order valence-corrected chi connectivity index (χ4v) is 5.38. The van der Waals surface area contributed by atoms with Gasteiger partial charge >= 0.3 is 5.97 Å². The number of piperazine rings is 1. The Hall–Kier alpha value is -3.40.